The standard InChI is InChI=1S/C13H16ClFN4O/c1-8(2)6-16-7-12-18-19-13(20-12)17-9-3-4-11(15)10(14)5-9/h3-5,8,16H,6-7H2,1-2H3,(H,17,19). The van der Waals surface area contributed by atoms with Crippen molar-refractivity contribution < 1.29 is 8.81 Å². The van der Waals surface area contributed by atoms with E-state index in [4.69, 9.17) is 16.0 Å². The van der Waals surface area contributed by atoms with Crippen LogP contribution in [0.5, 0.6) is 0 Å². The summed E-state index contributed by atoms with van der Waals surface area (Å²) < 4.78 is 18.4. The van der Waals surface area contributed by atoms with Crippen LogP contribution in [-0.2, 0) is 6.54 Å². The van der Waals surface area contributed by atoms with Gasteiger partial charge in [-0.15, -0.1) is 5.10 Å². The number of halogens is 2. The molecule has 2 rings (SSSR count). The van der Waals surface area contributed by atoms with Crippen LogP contribution in [0.3, 0.4) is 0 Å². The van der Waals surface area contributed by atoms with Crippen molar-refractivity contribution in [3.63, 3.8) is 0 Å². The Kier molecular flexibility index (Phi) is 4.92. The molecule has 108 valence electrons. The molecule has 1 aromatic heterocycles. The van der Waals surface area contributed by atoms with Gasteiger partial charge < -0.3 is 15.1 Å². The van der Waals surface area contributed by atoms with Crippen LogP contribution in [0, 0.1) is 11.7 Å². The van der Waals surface area contributed by atoms with E-state index in [2.05, 4.69) is 34.7 Å². The molecular weight excluding hydrogens is 283 g/mol. The summed E-state index contributed by atoms with van der Waals surface area (Å²) in [7, 11) is 0. The van der Waals surface area contributed by atoms with E-state index in [0.29, 0.717) is 24.0 Å². The zero-order valence-electron chi connectivity index (χ0n) is 11.3. The Balaban J connectivity index is 1.93. The van der Waals surface area contributed by atoms with Gasteiger partial charge in [-0.2, -0.15) is 0 Å². The normalized spacial score (nSPS) is 11.1. The van der Waals surface area contributed by atoms with Gasteiger partial charge in [-0.05, 0) is 30.7 Å². The Morgan fingerprint density at radius 2 is 2.15 bits per heavy atom. The third kappa shape index (κ3) is 4.18. The quantitative estimate of drug-likeness (QED) is 0.856. The molecule has 0 saturated heterocycles. The Bertz CT molecular complexity index is 573. The van der Waals surface area contributed by atoms with Crippen molar-refractivity contribution in [1.82, 2.24) is 15.5 Å². The molecule has 2 aromatic rings. The summed E-state index contributed by atoms with van der Waals surface area (Å²) in [6.45, 7) is 5.62. The van der Waals surface area contributed by atoms with Crippen LogP contribution >= 0.6 is 11.6 Å². The lowest BCUT2D eigenvalue weighted by molar-refractivity contribution is 0.460. The number of anilines is 2. The van der Waals surface area contributed by atoms with Crippen LogP contribution < -0.4 is 10.6 Å². The molecule has 0 saturated carbocycles. The van der Waals surface area contributed by atoms with Crippen LogP contribution in [0.2, 0.25) is 5.02 Å². The average Bonchev–Trinajstić information content (AvgIpc) is 2.81. The number of hydrogen-bond acceptors (Lipinski definition) is 5. The first-order valence-corrected chi connectivity index (χ1v) is 6.67. The molecule has 0 aliphatic heterocycles. The molecular formula is C13H16ClFN4O. The molecule has 0 bridgehead atoms. The van der Waals surface area contributed by atoms with E-state index in [-0.39, 0.29) is 11.0 Å². The summed E-state index contributed by atoms with van der Waals surface area (Å²) in [5.74, 6) is 0.569. The molecule has 0 spiro atoms. The Labute approximate surface area is 121 Å². The fraction of sp³-hybridized carbons (Fsp3) is 0.385. The molecule has 1 heterocycles. The predicted molar refractivity (Wildman–Crippen MR) is 75.5 cm³/mol. The van der Waals surface area contributed by atoms with Crippen molar-refractivity contribution >= 4 is 23.3 Å². The van der Waals surface area contributed by atoms with Gasteiger partial charge in [-0.3, -0.25) is 0 Å². The zero-order chi connectivity index (χ0) is 14.5. The van der Waals surface area contributed by atoms with Gasteiger partial charge in [-0.25, -0.2) is 4.39 Å². The molecule has 7 heteroatoms. The molecule has 0 fully saturated rings. The molecule has 20 heavy (non-hydrogen) atoms. The molecule has 0 aliphatic carbocycles. The summed E-state index contributed by atoms with van der Waals surface area (Å²) in [5, 5.41) is 13.9. The third-order valence-corrected chi connectivity index (χ3v) is 2.76. The average molecular weight is 299 g/mol. The van der Waals surface area contributed by atoms with Crippen LogP contribution in [0.15, 0.2) is 22.6 Å². The SMILES string of the molecule is CC(C)CNCc1nnc(Nc2ccc(F)c(Cl)c2)o1. The number of nitrogens with zero attached hydrogens (tertiary/aromatic N) is 2. The van der Waals surface area contributed by atoms with Crippen molar-refractivity contribution in [2.75, 3.05) is 11.9 Å². The molecule has 0 atom stereocenters. The Morgan fingerprint density at radius 3 is 2.85 bits per heavy atom. The number of nitrogens with one attached hydrogen (secondary N) is 2. The van der Waals surface area contributed by atoms with Gasteiger partial charge in [0.1, 0.15) is 5.82 Å². The zero-order valence-corrected chi connectivity index (χ0v) is 12.0. The summed E-state index contributed by atoms with van der Waals surface area (Å²) in [5.41, 5.74) is 0.585. The summed E-state index contributed by atoms with van der Waals surface area (Å²) in [6.07, 6.45) is 0. The number of rotatable bonds is 6. The van der Waals surface area contributed by atoms with Gasteiger partial charge in [0, 0.05) is 5.69 Å². The number of aromatic nitrogens is 2. The van der Waals surface area contributed by atoms with Gasteiger partial charge in [0.05, 0.1) is 11.6 Å². The minimum absolute atomic E-state index is 0.0355. The van der Waals surface area contributed by atoms with Crippen molar-refractivity contribution in [3.05, 3.63) is 34.9 Å². The molecule has 0 amide bonds. The first-order chi connectivity index (χ1) is 9.54. The van der Waals surface area contributed by atoms with E-state index in [1.807, 2.05) is 0 Å². The number of hydrogen-bond donors (Lipinski definition) is 2. The van der Waals surface area contributed by atoms with Gasteiger partial charge in [0.2, 0.25) is 5.89 Å². The lowest BCUT2D eigenvalue weighted by atomic mass is 10.2. The Morgan fingerprint density at radius 1 is 1.35 bits per heavy atom. The fourth-order valence-corrected chi connectivity index (χ4v) is 1.72. The second-order valence-electron chi connectivity index (χ2n) is 4.78. The number of benzene rings is 1. The van der Waals surface area contributed by atoms with E-state index in [9.17, 15) is 4.39 Å². The maximum atomic E-state index is 13.0. The first-order valence-electron chi connectivity index (χ1n) is 6.30. The van der Waals surface area contributed by atoms with E-state index < -0.39 is 5.82 Å². The van der Waals surface area contributed by atoms with Crippen molar-refractivity contribution in [3.8, 4) is 0 Å². The first kappa shape index (κ1) is 14.7. The lowest BCUT2D eigenvalue weighted by Gasteiger charge is -2.04. The van der Waals surface area contributed by atoms with Gasteiger partial charge in [0.15, 0.2) is 0 Å². The minimum Gasteiger partial charge on any atom is -0.406 e. The highest BCUT2D eigenvalue weighted by molar-refractivity contribution is 6.31. The second-order valence-corrected chi connectivity index (χ2v) is 5.19. The van der Waals surface area contributed by atoms with Crippen molar-refractivity contribution in [1.29, 1.82) is 0 Å². The largest absolute Gasteiger partial charge is 0.406 e. The van der Waals surface area contributed by atoms with Crippen molar-refractivity contribution in [2.24, 2.45) is 5.92 Å². The summed E-state index contributed by atoms with van der Waals surface area (Å²) >= 11 is 5.69. The topological polar surface area (TPSA) is 63.0 Å². The van der Waals surface area contributed by atoms with Crippen LogP contribution in [0.1, 0.15) is 19.7 Å². The van der Waals surface area contributed by atoms with Crippen molar-refractivity contribution in [2.45, 2.75) is 20.4 Å². The van der Waals surface area contributed by atoms with Crippen LogP contribution in [0.25, 0.3) is 0 Å². The minimum atomic E-state index is -0.471. The lowest BCUT2D eigenvalue weighted by Crippen LogP contribution is -2.19. The van der Waals surface area contributed by atoms with Gasteiger partial charge >= 0.3 is 6.01 Å². The van der Waals surface area contributed by atoms with Gasteiger partial charge in [0.25, 0.3) is 0 Å². The van der Waals surface area contributed by atoms with E-state index in [0.717, 1.165) is 6.54 Å². The molecule has 1 aromatic carbocycles. The smallest absolute Gasteiger partial charge is 0.320 e. The summed E-state index contributed by atoms with van der Waals surface area (Å²) in [6, 6.07) is 4.51. The summed E-state index contributed by atoms with van der Waals surface area (Å²) in [4.78, 5) is 0. The molecule has 0 aliphatic rings. The molecule has 5 nitrogen and oxygen atoms in total. The van der Waals surface area contributed by atoms with E-state index in [1.165, 1.54) is 12.1 Å². The van der Waals surface area contributed by atoms with Crippen LogP contribution in [0.4, 0.5) is 16.1 Å². The van der Waals surface area contributed by atoms with E-state index >= 15 is 0 Å². The molecule has 2 N–H and O–H groups in total. The monoisotopic (exact) mass is 298 g/mol. The fourth-order valence-electron chi connectivity index (χ4n) is 1.54. The van der Waals surface area contributed by atoms with Gasteiger partial charge in [-0.1, -0.05) is 30.5 Å². The highest BCUT2D eigenvalue weighted by atomic mass is 35.5. The maximum absolute atomic E-state index is 13.0. The molecule has 0 unspecified atom stereocenters. The van der Waals surface area contributed by atoms with Crippen LogP contribution in [-0.4, -0.2) is 16.7 Å². The Hall–Kier alpha value is -1.66. The molecule has 0 radical (unpaired) electrons. The third-order valence-electron chi connectivity index (χ3n) is 2.47. The predicted octanol–water partition coefficient (Wildman–Crippen LogP) is 3.35. The van der Waals surface area contributed by atoms with E-state index in [1.54, 1.807) is 6.07 Å². The maximum Gasteiger partial charge on any atom is 0.320 e. The highest BCUT2D eigenvalue weighted by Crippen LogP contribution is 2.22. The highest BCUT2D eigenvalue weighted by Gasteiger charge is 2.07. The second kappa shape index (κ2) is 6.67.